The first kappa shape index (κ1) is 21.2. The van der Waals surface area contributed by atoms with Crippen molar-refractivity contribution in [1.29, 1.82) is 0 Å². The zero-order chi connectivity index (χ0) is 22.5. The van der Waals surface area contributed by atoms with Gasteiger partial charge in [-0.2, -0.15) is 0 Å². The fourth-order valence-corrected chi connectivity index (χ4v) is 7.34. The number of likely N-dealkylation sites (tertiary alicyclic amines) is 1. The van der Waals surface area contributed by atoms with Crippen molar-refractivity contribution >= 4 is 17.5 Å². The Balaban J connectivity index is 1.21. The summed E-state index contributed by atoms with van der Waals surface area (Å²) in [7, 11) is 1.64. The number of anilines is 1. The van der Waals surface area contributed by atoms with Crippen LogP contribution < -0.4 is 9.64 Å². The molecular weight excluding hydrogens is 414 g/mol. The molecule has 1 aromatic carbocycles. The highest BCUT2D eigenvalue weighted by atomic mass is 16.5. The highest BCUT2D eigenvalue weighted by Crippen LogP contribution is 2.45. The number of benzene rings is 1. The van der Waals surface area contributed by atoms with Crippen molar-refractivity contribution in [3.63, 3.8) is 0 Å². The van der Waals surface area contributed by atoms with Gasteiger partial charge in [-0.05, 0) is 74.8 Å². The Morgan fingerprint density at radius 2 is 1.91 bits per heavy atom. The highest BCUT2D eigenvalue weighted by Gasteiger charge is 2.48. The fraction of sp³-hybridized carbons (Fsp3) is 0.630. The van der Waals surface area contributed by atoms with Crippen LogP contribution in [-0.4, -0.2) is 67.0 Å². The maximum absolute atomic E-state index is 13.8. The zero-order valence-electron chi connectivity index (χ0n) is 19.6. The summed E-state index contributed by atoms with van der Waals surface area (Å²) in [5, 5.41) is 0. The molecular formula is C27H35N3O3. The second-order valence-corrected chi connectivity index (χ2v) is 10.6. The van der Waals surface area contributed by atoms with E-state index in [9.17, 15) is 9.59 Å². The first-order valence-corrected chi connectivity index (χ1v) is 12.8. The second-order valence-electron chi connectivity index (χ2n) is 10.6. The number of carbonyl (C=O) groups excluding carboxylic acids is 2. The van der Waals surface area contributed by atoms with Crippen LogP contribution in [0.2, 0.25) is 0 Å². The second kappa shape index (κ2) is 8.46. The van der Waals surface area contributed by atoms with Crippen molar-refractivity contribution in [2.75, 3.05) is 38.2 Å². The van der Waals surface area contributed by atoms with Gasteiger partial charge >= 0.3 is 0 Å². The molecule has 6 heteroatoms. The van der Waals surface area contributed by atoms with Gasteiger partial charge < -0.3 is 14.5 Å². The SMILES string of the molecule is COc1ccc(N2C[C@H](C(=O)N3CCCC4=C[C@@H]5C[C@@H](CN6CCCC[C@@H]56)[C@@H]43)CC2=O)cc1. The van der Waals surface area contributed by atoms with Crippen LogP contribution in [0, 0.1) is 17.8 Å². The molecule has 4 fully saturated rings. The number of hydrogen-bond donors (Lipinski definition) is 0. The summed E-state index contributed by atoms with van der Waals surface area (Å²) in [6, 6.07) is 8.52. The van der Waals surface area contributed by atoms with Gasteiger partial charge in [0, 0.05) is 37.8 Å². The largest absolute Gasteiger partial charge is 0.497 e. The van der Waals surface area contributed by atoms with Crippen LogP contribution >= 0.6 is 0 Å². The third-order valence-electron chi connectivity index (χ3n) is 8.80. The van der Waals surface area contributed by atoms with E-state index in [-0.39, 0.29) is 23.8 Å². The van der Waals surface area contributed by atoms with Crippen molar-refractivity contribution < 1.29 is 14.3 Å². The van der Waals surface area contributed by atoms with Crippen LogP contribution in [-0.2, 0) is 9.59 Å². The fourth-order valence-electron chi connectivity index (χ4n) is 7.34. The van der Waals surface area contributed by atoms with E-state index in [0.29, 0.717) is 24.8 Å². The van der Waals surface area contributed by atoms with Gasteiger partial charge in [-0.15, -0.1) is 0 Å². The molecule has 4 saturated heterocycles. The molecule has 0 spiro atoms. The molecule has 33 heavy (non-hydrogen) atoms. The Bertz CT molecular complexity index is 958. The normalized spacial score (nSPS) is 33.9. The Morgan fingerprint density at radius 1 is 1.06 bits per heavy atom. The Kier molecular flexibility index (Phi) is 5.44. The standard InChI is InChI=1S/C27H35N3O3/c1-33-23-9-7-22(8-10-23)30-17-21(15-25(30)31)27(32)29-12-4-5-18-13-19-14-20(26(18)29)16-28-11-3-2-6-24(19)28/h7-10,13,19-21,24,26H,2-6,11-12,14-17H2,1H3/t19-,20+,21-,24+,26-/m1/s1. The third kappa shape index (κ3) is 3.67. The first-order valence-electron chi connectivity index (χ1n) is 12.8. The van der Waals surface area contributed by atoms with Crippen LogP contribution in [0.3, 0.4) is 0 Å². The summed E-state index contributed by atoms with van der Waals surface area (Å²) in [5.41, 5.74) is 2.36. The number of ether oxygens (including phenoxy) is 1. The van der Waals surface area contributed by atoms with Gasteiger partial charge in [0.15, 0.2) is 0 Å². The van der Waals surface area contributed by atoms with Gasteiger partial charge in [-0.25, -0.2) is 0 Å². The molecule has 176 valence electrons. The van der Waals surface area contributed by atoms with Gasteiger partial charge in [-0.1, -0.05) is 18.1 Å². The van der Waals surface area contributed by atoms with Crippen LogP contribution in [0.5, 0.6) is 5.75 Å². The van der Waals surface area contributed by atoms with Gasteiger partial charge in [0.2, 0.25) is 11.8 Å². The number of nitrogens with zero attached hydrogens (tertiary/aromatic N) is 3. The van der Waals surface area contributed by atoms with Gasteiger partial charge in [-0.3, -0.25) is 14.5 Å². The molecule has 0 N–H and O–H groups in total. The zero-order valence-corrected chi connectivity index (χ0v) is 19.6. The van der Waals surface area contributed by atoms with E-state index in [1.165, 1.54) is 37.8 Å². The summed E-state index contributed by atoms with van der Waals surface area (Å²) in [6.07, 6.45) is 10.3. The van der Waals surface area contributed by atoms with Crippen molar-refractivity contribution in [3.8, 4) is 5.75 Å². The topological polar surface area (TPSA) is 53.1 Å². The van der Waals surface area contributed by atoms with E-state index in [1.807, 2.05) is 24.3 Å². The molecule has 4 heterocycles. The smallest absolute Gasteiger partial charge is 0.228 e. The van der Waals surface area contributed by atoms with E-state index in [1.54, 1.807) is 12.0 Å². The van der Waals surface area contributed by atoms with E-state index < -0.39 is 0 Å². The van der Waals surface area contributed by atoms with Crippen molar-refractivity contribution in [1.82, 2.24) is 9.80 Å². The monoisotopic (exact) mass is 449 g/mol. The first-order chi connectivity index (χ1) is 16.1. The summed E-state index contributed by atoms with van der Waals surface area (Å²) >= 11 is 0. The summed E-state index contributed by atoms with van der Waals surface area (Å²) in [6.45, 7) is 3.66. The summed E-state index contributed by atoms with van der Waals surface area (Å²) in [4.78, 5) is 33.3. The van der Waals surface area contributed by atoms with Crippen LogP contribution in [0.25, 0.3) is 0 Å². The number of fused-ring (bicyclic) bond motifs is 6. The average molecular weight is 450 g/mol. The number of amides is 2. The van der Waals surface area contributed by atoms with E-state index in [4.69, 9.17) is 4.74 Å². The minimum atomic E-state index is -0.247. The summed E-state index contributed by atoms with van der Waals surface area (Å²) < 4.78 is 5.24. The number of carbonyl (C=O) groups is 2. The lowest BCUT2D eigenvalue weighted by atomic mass is 9.68. The predicted octanol–water partition coefficient (Wildman–Crippen LogP) is 3.47. The molecule has 2 amide bonds. The highest BCUT2D eigenvalue weighted by molar-refractivity contribution is 6.00. The van der Waals surface area contributed by atoms with Crippen molar-refractivity contribution in [2.24, 2.45) is 17.8 Å². The Hall–Kier alpha value is -2.34. The Morgan fingerprint density at radius 3 is 2.73 bits per heavy atom. The minimum absolute atomic E-state index is 0.0452. The third-order valence-corrected chi connectivity index (χ3v) is 8.80. The van der Waals surface area contributed by atoms with Gasteiger partial charge in [0.05, 0.1) is 19.1 Å². The molecule has 0 saturated carbocycles. The molecule has 0 unspecified atom stereocenters. The molecule has 0 radical (unpaired) electrons. The van der Waals surface area contributed by atoms with Gasteiger partial charge in [0.1, 0.15) is 5.75 Å². The maximum atomic E-state index is 13.8. The van der Waals surface area contributed by atoms with E-state index in [2.05, 4.69) is 15.9 Å². The number of methoxy groups -OCH3 is 1. The summed E-state index contributed by atoms with van der Waals surface area (Å²) in [5.74, 6) is 1.97. The van der Waals surface area contributed by atoms with Crippen LogP contribution in [0.15, 0.2) is 35.9 Å². The number of hydrogen-bond acceptors (Lipinski definition) is 4. The molecule has 4 aliphatic heterocycles. The molecule has 5 aliphatic rings. The molecule has 1 aliphatic carbocycles. The lowest BCUT2D eigenvalue weighted by molar-refractivity contribution is -0.140. The molecule has 0 aromatic heterocycles. The quantitative estimate of drug-likeness (QED) is 0.663. The average Bonchev–Trinajstić information content (AvgIpc) is 3.25. The lowest BCUT2D eigenvalue weighted by Crippen LogP contribution is -2.60. The van der Waals surface area contributed by atoms with Crippen molar-refractivity contribution in [2.45, 2.75) is 57.0 Å². The van der Waals surface area contributed by atoms with E-state index in [0.717, 1.165) is 43.4 Å². The molecule has 1 aromatic rings. The minimum Gasteiger partial charge on any atom is -0.497 e. The molecule has 2 bridgehead atoms. The number of rotatable bonds is 3. The maximum Gasteiger partial charge on any atom is 0.228 e. The Labute approximate surface area is 196 Å². The van der Waals surface area contributed by atoms with Crippen LogP contribution in [0.1, 0.15) is 44.9 Å². The molecule has 6 rings (SSSR count). The van der Waals surface area contributed by atoms with E-state index >= 15 is 0 Å². The molecule has 6 nitrogen and oxygen atoms in total. The predicted molar refractivity (Wildman–Crippen MR) is 127 cm³/mol. The molecule has 5 atom stereocenters. The number of piperidine rings is 3. The van der Waals surface area contributed by atoms with Gasteiger partial charge in [0.25, 0.3) is 0 Å². The van der Waals surface area contributed by atoms with Crippen molar-refractivity contribution in [3.05, 3.63) is 35.9 Å². The lowest BCUT2D eigenvalue weighted by Gasteiger charge is -2.55. The van der Waals surface area contributed by atoms with Crippen LogP contribution in [0.4, 0.5) is 5.69 Å².